The minimum Gasteiger partial charge on any atom is -1.00 e. The number of rotatable bonds is 10. The smallest absolute Gasteiger partial charge is 0.129 e. The van der Waals surface area contributed by atoms with Gasteiger partial charge >= 0.3 is 0 Å². The highest BCUT2D eigenvalue weighted by Gasteiger charge is 2.46. The lowest BCUT2D eigenvalue weighted by atomic mass is 10.1. The molecule has 0 bridgehead atoms. The highest BCUT2D eigenvalue weighted by atomic mass is 127. The third-order valence-electron chi connectivity index (χ3n) is 13.0. The molecule has 2 saturated heterocycles. The third-order valence-corrected chi connectivity index (χ3v) is 23.1. The van der Waals surface area contributed by atoms with Crippen LogP contribution in [0, 0.1) is 0 Å². The normalized spacial score (nSPS) is 16.8. The molecule has 2 aliphatic heterocycles. The lowest BCUT2D eigenvalue weighted by molar-refractivity contribution is -0.951. The van der Waals surface area contributed by atoms with Crippen molar-refractivity contribution in [1.82, 2.24) is 4.90 Å². The molecule has 0 aromatic heterocycles. The van der Waals surface area contributed by atoms with Crippen molar-refractivity contribution in [2.24, 2.45) is 0 Å². The van der Waals surface area contributed by atoms with E-state index in [-0.39, 0.29) is 24.0 Å². The van der Waals surface area contributed by atoms with Crippen LogP contribution in [0.4, 0.5) is 0 Å². The standard InChI is InChI=1S/C30H32NSi.C23H25NSi.HI/c1-5-13-27(14-6-1)25-31(26-28-15-7-2-8-16-28)21-23-32(24-22-31,29-17-9-3-10-18-29)30-19-11-4-12-20-30;1-4-10-21(11-5-1)20-24-16-18-25(19-17-24,22-12-6-2-7-13-22)23-14-8-3-9-15-23;/h1-20H,21-26H2;1-15H,16-20H2;1H/q+1;;/p-1. The molecule has 7 aromatic rings. The summed E-state index contributed by atoms with van der Waals surface area (Å²) in [4.78, 5) is 2.63. The van der Waals surface area contributed by atoms with Gasteiger partial charge in [-0.3, -0.25) is 4.90 Å². The van der Waals surface area contributed by atoms with E-state index in [0.717, 1.165) is 24.1 Å². The molecule has 0 aliphatic carbocycles. The maximum atomic E-state index is 2.63. The van der Waals surface area contributed by atoms with Crippen molar-refractivity contribution in [3.8, 4) is 0 Å². The minimum atomic E-state index is -1.77. The van der Waals surface area contributed by atoms with Gasteiger partial charge in [-0.15, -0.1) is 0 Å². The largest absolute Gasteiger partial charge is 1.00 e. The molecule has 2 heterocycles. The van der Waals surface area contributed by atoms with E-state index < -0.39 is 16.1 Å². The van der Waals surface area contributed by atoms with E-state index in [1.54, 1.807) is 20.7 Å². The second-order valence-corrected chi connectivity index (χ2v) is 25.1. The van der Waals surface area contributed by atoms with Crippen LogP contribution in [0.3, 0.4) is 0 Å². The predicted octanol–water partition coefficient (Wildman–Crippen LogP) is 6.25. The van der Waals surface area contributed by atoms with Gasteiger partial charge in [-0.05, 0) is 30.7 Å². The molecule has 2 aliphatic rings. The average molecular weight is 905 g/mol. The van der Waals surface area contributed by atoms with Crippen molar-refractivity contribution in [2.45, 2.75) is 43.8 Å². The number of halogens is 1. The molecule has 5 heteroatoms. The van der Waals surface area contributed by atoms with Crippen LogP contribution >= 0.6 is 0 Å². The molecule has 0 atom stereocenters. The minimum absolute atomic E-state index is 0. The highest BCUT2D eigenvalue weighted by molar-refractivity contribution is 7.03. The first-order valence-electron chi connectivity index (χ1n) is 21.1. The predicted molar refractivity (Wildman–Crippen MR) is 247 cm³/mol. The molecule has 0 unspecified atom stereocenters. The fourth-order valence-electron chi connectivity index (χ4n) is 9.86. The van der Waals surface area contributed by atoms with Crippen LogP contribution in [0.2, 0.25) is 24.2 Å². The Hall–Kier alpha value is -4.38. The van der Waals surface area contributed by atoms with Crippen molar-refractivity contribution in [3.63, 3.8) is 0 Å². The zero-order valence-electron chi connectivity index (χ0n) is 33.8. The van der Waals surface area contributed by atoms with Gasteiger partial charge in [0.25, 0.3) is 0 Å². The lowest BCUT2D eigenvalue weighted by Crippen LogP contribution is -3.00. The molecule has 2 fully saturated rings. The van der Waals surface area contributed by atoms with Gasteiger partial charge in [-0.2, -0.15) is 0 Å². The van der Waals surface area contributed by atoms with Gasteiger partial charge in [-0.25, -0.2) is 0 Å². The van der Waals surface area contributed by atoms with Crippen molar-refractivity contribution in [1.29, 1.82) is 0 Å². The van der Waals surface area contributed by atoms with Gasteiger partial charge in [0.1, 0.15) is 29.2 Å². The van der Waals surface area contributed by atoms with Crippen molar-refractivity contribution in [3.05, 3.63) is 229 Å². The molecule has 2 nitrogen and oxygen atoms in total. The van der Waals surface area contributed by atoms with E-state index in [1.165, 1.54) is 67.0 Å². The van der Waals surface area contributed by atoms with E-state index in [9.17, 15) is 0 Å². The quantitative estimate of drug-likeness (QED) is 0.0893. The zero-order chi connectivity index (χ0) is 38.6. The summed E-state index contributed by atoms with van der Waals surface area (Å²) in [5.74, 6) is 0. The first kappa shape index (κ1) is 41.8. The molecular weight excluding hydrogens is 848 g/mol. The molecule has 0 amide bonds. The Kier molecular flexibility index (Phi) is 14.4. The highest BCUT2D eigenvalue weighted by Crippen LogP contribution is 2.32. The van der Waals surface area contributed by atoms with E-state index in [2.05, 4.69) is 217 Å². The van der Waals surface area contributed by atoms with Crippen LogP contribution in [-0.4, -0.2) is 51.7 Å². The van der Waals surface area contributed by atoms with Crippen molar-refractivity contribution in [2.75, 3.05) is 26.2 Å². The van der Waals surface area contributed by atoms with E-state index >= 15 is 0 Å². The van der Waals surface area contributed by atoms with Crippen LogP contribution in [0.1, 0.15) is 16.7 Å². The van der Waals surface area contributed by atoms with E-state index in [1.807, 2.05) is 0 Å². The molecule has 9 rings (SSSR count). The molecule has 7 aromatic carbocycles. The zero-order valence-corrected chi connectivity index (χ0v) is 37.9. The molecule has 58 heavy (non-hydrogen) atoms. The number of nitrogens with zero attached hydrogens (tertiary/aromatic N) is 2. The van der Waals surface area contributed by atoms with Crippen LogP contribution in [-0.2, 0) is 19.6 Å². The number of quaternary nitrogens is 1. The molecular formula is C53H57IN2Si2. The Labute approximate surface area is 366 Å². The first-order chi connectivity index (χ1) is 28.1. The van der Waals surface area contributed by atoms with Crippen molar-refractivity contribution >= 4 is 36.9 Å². The fraction of sp³-hybridized carbons (Fsp3) is 0.208. The molecule has 294 valence electrons. The van der Waals surface area contributed by atoms with Gasteiger partial charge in [0.15, 0.2) is 0 Å². The van der Waals surface area contributed by atoms with Gasteiger partial charge in [0, 0.05) is 29.8 Å². The Morgan fingerprint density at radius 1 is 0.345 bits per heavy atom. The molecule has 0 radical (unpaired) electrons. The summed E-state index contributed by atoms with van der Waals surface area (Å²) in [6, 6.07) is 83.8. The van der Waals surface area contributed by atoms with E-state index in [0.29, 0.717) is 0 Å². The van der Waals surface area contributed by atoms with Gasteiger partial charge in [-0.1, -0.05) is 233 Å². The molecule has 0 saturated carbocycles. The third kappa shape index (κ3) is 9.90. The summed E-state index contributed by atoms with van der Waals surface area (Å²) in [5.41, 5.74) is 4.34. The van der Waals surface area contributed by atoms with Crippen LogP contribution in [0.15, 0.2) is 212 Å². The monoisotopic (exact) mass is 904 g/mol. The van der Waals surface area contributed by atoms with Crippen molar-refractivity contribution < 1.29 is 28.5 Å². The summed E-state index contributed by atoms with van der Waals surface area (Å²) in [6.07, 6.45) is 0. The average Bonchev–Trinajstić information content (AvgIpc) is 3.30. The fourth-order valence-corrected chi connectivity index (χ4v) is 19.8. The number of benzene rings is 7. The maximum absolute atomic E-state index is 2.63. The summed E-state index contributed by atoms with van der Waals surface area (Å²) in [7, 11) is -3.41. The van der Waals surface area contributed by atoms with E-state index in [4.69, 9.17) is 0 Å². The van der Waals surface area contributed by atoms with Gasteiger partial charge < -0.3 is 28.5 Å². The van der Waals surface area contributed by atoms with Crippen LogP contribution < -0.4 is 44.7 Å². The maximum Gasteiger partial charge on any atom is 0.129 e. The summed E-state index contributed by atoms with van der Waals surface area (Å²) >= 11 is 0. The second kappa shape index (κ2) is 20.1. The molecule has 0 N–H and O–H groups in total. The van der Waals surface area contributed by atoms with Gasteiger partial charge in [0.2, 0.25) is 0 Å². The summed E-state index contributed by atoms with van der Waals surface area (Å²) in [5, 5.41) is 6.40. The summed E-state index contributed by atoms with van der Waals surface area (Å²) < 4.78 is 1.16. The molecule has 0 spiro atoms. The SMILES string of the molecule is [I-].c1ccc(CN2CC[Si](c3ccccc3)(c3ccccc3)CC2)cc1.c1ccc(C[N+]2(Cc3ccccc3)CC[Si](c3ccccc3)(c3ccccc3)CC2)cc1. The Bertz CT molecular complexity index is 2080. The first-order valence-corrected chi connectivity index (χ1v) is 25.9. The number of hydrogen-bond donors (Lipinski definition) is 0. The van der Waals surface area contributed by atoms with Gasteiger partial charge in [0.05, 0.1) is 13.1 Å². The summed E-state index contributed by atoms with van der Waals surface area (Å²) in [6.45, 7) is 8.18. The lowest BCUT2D eigenvalue weighted by Gasteiger charge is -2.48. The second-order valence-electron chi connectivity index (χ2n) is 16.5. The Balaban J connectivity index is 0.000000179. The Morgan fingerprint density at radius 2 is 0.621 bits per heavy atom. The topological polar surface area (TPSA) is 3.24 Å². The van der Waals surface area contributed by atoms with Crippen LogP contribution in [0.5, 0.6) is 0 Å². The Morgan fingerprint density at radius 3 is 0.948 bits per heavy atom. The van der Waals surface area contributed by atoms with Crippen LogP contribution in [0.25, 0.3) is 0 Å². The number of hydrogen-bond acceptors (Lipinski definition) is 1.